The van der Waals surface area contributed by atoms with Gasteiger partial charge in [0, 0.05) is 13.0 Å². The Morgan fingerprint density at radius 2 is 1.55 bits per heavy atom. The van der Waals surface area contributed by atoms with Gasteiger partial charge in [-0.15, -0.1) is 0 Å². The Labute approximate surface area is 326 Å². The van der Waals surface area contributed by atoms with Crippen LogP contribution < -0.4 is 10.4 Å². The number of carbonyl (C=O) groups excluding carboxylic acids is 2. The number of likely N-dealkylation sites (tertiary alicyclic amines) is 1. The van der Waals surface area contributed by atoms with Gasteiger partial charge >= 0.3 is 13.1 Å². The lowest BCUT2D eigenvalue weighted by Gasteiger charge is -2.46. The molecule has 0 saturated carbocycles. The van der Waals surface area contributed by atoms with Crippen molar-refractivity contribution in [3.05, 3.63) is 107 Å². The SMILES string of the molecule is C/C(=C\c1ccc(O)cc1)CC[C@H]1OB(O)C[C@H]2C1=C(CO[Si](c1ccccc1)(c1ccccc1)C(C)(C)C)C[C@H]1C(=O)N(CCCCCC(=O)O)C(=O)[C@H]12. The molecule has 6 rings (SSSR count). The zero-order chi connectivity index (χ0) is 39.3. The number of carboxylic acids is 1. The Balaban J connectivity index is 1.37. The van der Waals surface area contributed by atoms with E-state index in [1.54, 1.807) is 12.1 Å². The number of benzene rings is 3. The lowest BCUT2D eigenvalue weighted by Crippen LogP contribution is -2.66. The molecule has 9 nitrogen and oxygen atoms in total. The van der Waals surface area contributed by atoms with Crippen molar-refractivity contribution in [1.29, 1.82) is 0 Å². The minimum atomic E-state index is -2.98. The Kier molecular flexibility index (Phi) is 12.7. The summed E-state index contributed by atoms with van der Waals surface area (Å²) in [4.78, 5) is 40.8. The van der Waals surface area contributed by atoms with Crippen LogP contribution in [0.2, 0.25) is 11.4 Å². The van der Waals surface area contributed by atoms with E-state index in [4.69, 9.17) is 14.2 Å². The molecule has 3 N–H and O–H groups in total. The number of carboxylic acid groups (broad SMARTS) is 1. The number of aliphatic carboxylic acids is 1. The van der Waals surface area contributed by atoms with Crippen LogP contribution in [0.15, 0.2) is 102 Å². The van der Waals surface area contributed by atoms with Crippen LogP contribution in [0, 0.1) is 17.8 Å². The molecule has 2 aliphatic heterocycles. The highest BCUT2D eigenvalue weighted by atomic mass is 28.4. The maximum atomic E-state index is 14.2. The monoisotopic (exact) mass is 763 g/mol. The van der Waals surface area contributed by atoms with Crippen molar-refractivity contribution in [3.63, 3.8) is 0 Å². The lowest BCUT2D eigenvalue weighted by molar-refractivity contribution is -0.141. The number of phenolic OH excluding ortho intramolecular Hbond substituents is 1. The summed E-state index contributed by atoms with van der Waals surface area (Å²) in [6.07, 6.45) is 5.10. The molecular weight excluding hydrogens is 709 g/mol. The van der Waals surface area contributed by atoms with E-state index in [9.17, 15) is 24.5 Å². The largest absolute Gasteiger partial charge is 0.508 e. The minimum Gasteiger partial charge on any atom is -0.508 e. The molecular formula is C44H54BNO8Si. The quantitative estimate of drug-likeness (QED) is 0.0684. The summed E-state index contributed by atoms with van der Waals surface area (Å²) >= 11 is 0. The molecule has 2 saturated heterocycles. The van der Waals surface area contributed by atoms with Crippen LogP contribution >= 0.6 is 0 Å². The number of hydrogen-bond acceptors (Lipinski definition) is 7. The first kappa shape index (κ1) is 40.4. The van der Waals surface area contributed by atoms with Crippen LogP contribution in [0.3, 0.4) is 0 Å². The number of imide groups is 1. The molecule has 2 amide bonds. The van der Waals surface area contributed by atoms with Crippen molar-refractivity contribution in [2.75, 3.05) is 13.2 Å². The third kappa shape index (κ3) is 8.75. The Morgan fingerprint density at radius 3 is 2.15 bits per heavy atom. The van der Waals surface area contributed by atoms with Crippen molar-refractivity contribution >= 4 is 49.7 Å². The van der Waals surface area contributed by atoms with Gasteiger partial charge in [-0.3, -0.25) is 19.3 Å². The molecule has 0 spiro atoms. The molecule has 2 fully saturated rings. The van der Waals surface area contributed by atoms with E-state index in [1.807, 2.05) is 24.3 Å². The summed E-state index contributed by atoms with van der Waals surface area (Å²) in [5.41, 5.74) is 4.02. The molecule has 2 heterocycles. The predicted molar refractivity (Wildman–Crippen MR) is 217 cm³/mol. The number of aromatic hydroxyl groups is 1. The second-order valence-electron chi connectivity index (χ2n) is 16.4. The number of amides is 2. The molecule has 4 atom stereocenters. The lowest BCUT2D eigenvalue weighted by atomic mass is 9.58. The maximum Gasteiger partial charge on any atom is 0.455 e. The van der Waals surface area contributed by atoms with Gasteiger partial charge in [-0.2, -0.15) is 0 Å². The summed E-state index contributed by atoms with van der Waals surface area (Å²) in [7, 11) is -4.07. The van der Waals surface area contributed by atoms with Gasteiger partial charge in [-0.25, -0.2) is 0 Å². The number of fused-ring (bicyclic) bond motifs is 3. The molecule has 0 radical (unpaired) electrons. The van der Waals surface area contributed by atoms with Crippen LogP contribution in [0.1, 0.15) is 78.2 Å². The fourth-order valence-electron chi connectivity index (χ4n) is 9.15. The third-order valence-corrected chi connectivity index (χ3v) is 16.6. The van der Waals surface area contributed by atoms with Crippen molar-refractivity contribution in [3.8, 4) is 5.75 Å². The number of unbranched alkanes of at least 4 members (excludes halogenated alkanes) is 2. The number of allylic oxidation sites excluding steroid dienone is 1. The normalized spacial score (nSPS) is 21.9. The summed E-state index contributed by atoms with van der Waals surface area (Å²) in [5.74, 6) is -2.62. The van der Waals surface area contributed by atoms with Gasteiger partial charge in [0.25, 0.3) is 8.32 Å². The van der Waals surface area contributed by atoms with Gasteiger partial charge in [-0.1, -0.05) is 112 Å². The summed E-state index contributed by atoms with van der Waals surface area (Å²) in [6.45, 7) is 9.26. The van der Waals surface area contributed by atoms with Crippen LogP contribution in [0.4, 0.5) is 0 Å². The highest BCUT2D eigenvalue weighted by molar-refractivity contribution is 6.99. The molecule has 290 valence electrons. The van der Waals surface area contributed by atoms with Crippen molar-refractivity contribution in [1.82, 2.24) is 4.90 Å². The molecule has 3 aromatic rings. The number of carbonyl (C=O) groups is 3. The van der Waals surface area contributed by atoms with Gasteiger partial charge in [0.05, 0.1) is 24.5 Å². The number of phenols is 1. The van der Waals surface area contributed by atoms with E-state index >= 15 is 0 Å². The van der Waals surface area contributed by atoms with Crippen molar-refractivity contribution in [2.24, 2.45) is 17.8 Å². The standard InChI is InChI=1S/C44H54BNO8Si/c1-30(26-31-20-22-33(47)23-21-31)19-24-38-40-32(29-53-55(44(2,3)4,34-14-8-5-9-15-34)35-16-10-6-11-17-35)27-36-41(37(40)28-45(52)54-38)43(51)46(42(36)50)25-13-7-12-18-39(48)49/h5-6,8-11,14-17,20-23,26,36-38,41,47,52H,7,12-13,18-19,24-25,27-29H2,1-4H3,(H,48,49)/b30-26+/t36-,37+,38-,41-/m1/s1. The van der Waals surface area contributed by atoms with E-state index in [1.165, 1.54) is 4.90 Å². The second-order valence-corrected chi connectivity index (χ2v) is 20.7. The van der Waals surface area contributed by atoms with Gasteiger partial charge < -0.3 is 24.3 Å². The highest BCUT2D eigenvalue weighted by Gasteiger charge is 2.58. The number of rotatable bonds is 15. The van der Waals surface area contributed by atoms with Crippen molar-refractivity contribution < 1.29 is 38.7 Å². The smallest absolute Gasteiger partial charge is 0.455 e. The Hall–Kier alpha value is -4.29. The fraction of sp³-hybridized carbons (Fsp3) is 0.432. The first-order chi connectivity index (χ1) is 26.3. The molecule has 3 aromatic carbocycles. The second kappa shape index (κ2) is 17.2. The average molecular weight is 764 g/mol. The van der Waals surface area contributed by atoms with Crippen LogP contribution in [0.25, 0.3) is 6.08 Å². The van der Waals surface area contributed by atoms with Crippen LogP contribution in [-0.4, -0.2) is 72.6 Å². The molecule has 11 heteroatoms. The first-order valence-electron chi connectivity index (χ1n) is 19.6. The van der Waals surface area contributed by atoms with Gasteiger partial charge in [0.1, 0.15) is 5.75 Å². The molecule has 3 aliphatic rings. The molecule has 0 bridgehead atoms. The minimum absolute atomic E-state index is 0.0556. The first-order valence-corrected chi connectivity index (χ1v) is 21.5. The van der Waals surface area contributed by atoms with Gasteiger partial charge in [-0.05, 0) is 95.5 Å². The zero-order valence-electron chi connectivity index (χ0n) is 32.4. The maximum absolute atomic E-state index is 14.2. The Morgan fingerprint density at radius 1 is 0.909 bits per heavy atom. The molecule has 0 aromatic heterocycles. The van der Waals surface area contributed by atoms with E-state index < -0.39 is 39.3 Å². The summed E-state index contributed by atoms with van der Waals surface area (Å²) in [6, 6.07) is 27.9. The summed E-state index contributed by atoms with van der Waals surface area (Å²) in [5, 5.41) is 32.0. The average Bonchev–Trinajstić information content (AvgIpc) is 3.39. The van der Waals surface area contributed by atoms with Crippen LogP contribution in [0.5, 0.6) is 5.75 Å². The summed E-state index contributed by atoms with van der Waals surface area (Å²) < 4.78 is 13.8. The fourth-order valence-corrected chi connectivity index (χ4v) is 13.7. The molecule has 55 heavy (non-hydrogen) atoms. The third-order valence-electron chi connectivity index (χ3n) is 11.7. The van der Waals surface area contributed by atoms with Crippen LogP contribution in [-0.2, 0) is 23.5 Å². The van der Waals surface area contributed by atoms with E-state index in [-0.39, 0.29) is 54.4 Å². The molecule has 1 aliphatic carbocycles. The predicted octanol–water partition coefficient (Wildman–Crippen LogP) is 6.59. The topological polar surface area (TPSA) is 134 Å². The van der Waals surface area contributed by atoms with E-state index in [0.717, 1.165) is 32.7 Å². The highest BCUT2D eigenvalue weighted by Crippen LogP contribution is 2.51. The van der Waals surface area contributed by atoms with E-state index in [0.29, 0.717) is 38.5 Å². The Bertz CT molecular complexity index is 1850. The van der Waals surface area contributed by atoms with Crippen molar-refractivity contribution in [2.45, 2.75) is 90.1 Å². The molecule has 0 unspecified atom stereocenters. The zero-order valence-corrected chi connectivity index (χ0v) is 33.4. The number of hydrogen-bond donors (Lipinski definition) is 3. The van der Waals surface area contributed by atoms with Gasteiger partial charge in [0.2, 0.25) is 11.8 Å². The van der Waals surface area contributed by atoms with E-state index in [2.05, 4.69) is 82.3 Å². The number of nitrogens with zero attached hydrogens (tertiary/aromatic N) is 1. The van der Waals surface area contributed by atoms with Gasteiger partial charge in [0.15, 0.2) is 0 Å².